The van der Waals surface area contributed by atoms with Crippen LogP contribution in [0.3, 0.4) is 0 Å². The largest absolute Gasteiger partial charge is 0.339 e. The summed E-state index contributed by atoms with van der Waals surface area (Å²) in [5.41, 5.74) is 8.98. The summed E-state index contributed by atoms with van der Waals surface area (Å²) in [6, 6.07) is 21.1. The molecular weight excluding hydrogens is 419 g/mol. The number of halogens is 2. The van der Waals surface area contributed by atoms with E-state index in [1.807, 2.05) is 17.0 Å². The fraction of sp³-hybridized carbons (Fsp3) is 0.435. The van der Waals surface area contributed by atoms with E-state index in [1.165, 1.54) is 11.1 Å². The third-order valence-corrected chi connectivity index (χ3v) is 6.00. The SMILES string of the molecule is Cl.Cl.N[C@@H]1CN(CC(=O)N2CCN(Cc3ccccc3)CC2)C[C@H]1c1ccccc1. The lowest BCUT2D eigenvalue weighted by atomic mass is 9.95. The molecule has 2 fully saturated rings. The first-order valence-corrected chi connectivity index (χ1v) is 10.3. The summed E-state index contributed by atoms with van der Waals surface area (Å²) in [7, 11) is 0. The number of piperazine rings is 1. The van der Waals surface area contributed by atoms with Crippen LogP contribution in [-0.2, 0) is 11.3 Å². The number of rotatable bonds is 5. The van der Waals surface area contributed by atoms with Gasteiger partial charge in [-0.05, 0) is 11.1 Å². The lowest BCUT2D eigenvalue weighted by Gasteiger charge is -2.35. The standard InChI is InChI=1S/C23H30N4O.2ClH/c24-22-17-26(16-21(22)20-9-5-2-6-10-20)18-23(28)27-13-11-25(12-14-27)15-19-7-3-1-4-8-19;;/h1-10,21-22H,11-18,24H2;2*1H/t21-,22+;;/m0../s1. The Balaban J connectivity index is 0.00000160. The highest BCUT2D eigenvalue weighted by atomic mass is 35.5. The fourth-order valence-electron chi connectivity index (χ4n) is 4.38. The third-order valence-electron chi connectivity index (χ3n) is 6.00. The molecule has 30 heavy (non-hydrogen) atoms. The zero-order valence-electron chi connectivity index (χ0n) is 17.2. The highest BCUT2D eigenvalue weighted by Gasteiger charge is 2.33. The number of nitrogens with two attached hydrogens (primary N) is 1. The Morgan fingerprint density at radius 1 is 0.833 bits per heavy atom. The Hall–Kier alpha value is -1.63. The lowest BCUT2D eigenvalue weighted by Crippen LogP contribution is -2.50. The van der Waals surface area contributed by atoms with Crippen molar-refractivity contribution in [2.75, 3.05) is 45.8 Å². The van der Waals surface area contributed by atoms with Crippen molar-refractivity contribution in [3.63, 3.8) is 0 Å². The van der Waals surface area contributed by atoms with Crippen LogP contribution in [0.4, 0.5) is 0 Å². The van der Waals surface area contributed by atoms with E-state index in [0.717, 1.165) is 45.8 Å². The van der Waals surface area contributed by atoms with Gasteiger partial charge < -0.3 is 10.6 Å². The molecule has 164 valence electrons. The number of hydrogen-bond acceptors (Lipinski definition) is 4. The predicted octanol–water partition coefficient (Wildman–Crippen LogP) is 2.60. The maximum absolute atomic E-state index is 12.8. The Morgan fingerprint density at radius 2 is 1.43 bits per heavy atom. The van der Waals surface area contributed by atoms with Gasteiger partial charge in [0.25, 0.3) is 0 Å². The average Bonchev–Trinajstić information content (AvgIpc) is 3.10. The molecule has 0 aliphatic carbocycles. The van der Waals surface area contributed by atoms with Crippen LogP contribution in [-0.4, -0.2) is 72.5 Å². The summed E-state index contributed by atoms with van der Waals surface area (Å²) in [5, 5.41) is 0. The first-order valence-electron chi connectivity index (χ1n) is 10.3. The monoisotopic (exact) mass is 450 g/mol. The molecule has 2 aliphatic rings. The summed E-state index contributed by atoms with van der Waals surface area (Å²) >= 11 is 0. The molecule has 2 N–H and O–H groups in total. The molecule has 0 spiro atoms. The molecule has 2 atom stereocenters. The van der Waals surface area contributed by atoms with E-state index in [-0.39, 0.29) is 36.8 Å². The van der Waals surface area contributed by atoms with E-state index in [4.69, 9.17) is 5.73 Å². The van der Waals surface area contributed by atoms with Gasteiger partial charge in [0.1, 0.15) is 0 Å². The summed E-state index contributed by atoms with van der Waals surface area (Å²) in [6.07, 6.45) is 0. The van der Waals surface area contributed by atoms with Crippen molar-refractivity contribution in [2.45, 2.75) is 18.5 Å². The molecule has 4 rings (SSSR count). The fourth-order valence-corrected chi connectivity index (χ4v) is 4.38. The Bertz CT molecular complexity index is 769. The molecule has 2 aromatic rings. The van der Waals surface area contributed by atoms with Gasteiger partial charge in [-0.25, -0.2) is 0 Å². The number of nitrogens with zero attached hydrogens (tertiary/aromatic N) is 3. The highest BCUT2D eigenvalue weighted by molar-refractivity contribution is 5.85. The summed E-state index contributed by atoms with van der Waals surface area (Å²) in [5.74, 6) is 0.553. The molecule has 0 bridgehead atoms. The molecule has 2 aromatic carbocycles. The second-order valence-corrected chi connectivity index (χ2v) is 8.02. The zero-order valence-corrected chi connectivity index (χ0v) is 18.9. The molecule has 2 aliphatic heterocycles. The molecule has 7 heteroatoms. The number of carbonyl (C=O) groups excluding carboxylic acids is 1. The number of likely N-dealkylation sites (tertiary alicyclic amines) is 1. The first-order chi connectivity index (χ1) is 13.7. The molecule has 5 nitrogen and oxygen atoms in total. The van der Waals surface area contributed by atoms with Gasteiger partial charge in [-0.2, -0.15) is 0 Å². The minimum Gasteiger partial charge on any atom is -0.339 e. The molecular formula is C23H32Cl2N4O. The van der Waals surface area contributed by atoms with Crippen LogP contribution in [0.15, 0.2) is 60.7 Å². The van der Waals surface area contributed by atoms with Crippen LogP contribution in [0.25, 0.3) is 0 Å². The van der Waals surface area contributed by atoms with E-state index in [0.29, 0.717) is 12.5 Å². The Morgan fingerprint density at radius 3 is 2.07 bits per heavy atom. The third kappa shape index (κ3) is 6.19. The van der Waals surface area contributed by atoms with Gasteiger partial charge in [0.15, 0.2) is 0 Å². The van der Waals surface area contributed by atoms with E-state index >= 15 is 0 Å². The van der Waals surface area contributed by atoms with E-state index in [9.17, 15) is 4.79 Å². The number of amides is 1. The molecule has 0 aromatic heterocycles. The minimum absolute atomic E-state index is 0. The molecule has 1 amide bonds. The average molecular weight is 451 g/mol. The van der Waals surface area contributed by atoms with Gasteiger partial charge in [-0.15, -0.1) is 24.8 Å². The lowest BCUT2D eigenvalue weighted by molar-refractivity contribution is -0.134. The molecule has 0 unspecified atom stereocenters. The zero-order chi connectivity index (χ0) is 19.3. The molecule has 0 radical (unpaired) electrons. The van der Waals surface area contributed by atoms with Crippen molar-refractivity contribution in [1.29, 1.82) is 0 Å². The van der Waals surface area contributed by atoms with Crippen LogP contribution < -0.4 is 5.73 Å². The quantitative estimate of drug-likeness (QED) is 0.760. The van der Waals surface area contributed by atoms with Gasteiger partial charge in [-0.1, -0.05) is 60.7 Å². The van der Waals surface area contributed by atoms with Gasteiger partial charge in [0, 0.05) is 57.8 Å². The van der Waals surface area contributed by atoms with Crippen LogP contribution in [0.1, 0.15) is 17.0 Å². The van der Waals surface area contributed by atoms with E-state index in [1.54, 1.807) is 0 Å². The van der Waals surface area contributed by atoms with Crippen molar-refractivity contribution >= 4 is 30.7 Å². The number of hydrogen-bond donors (Lipinski definition) is 1. The Kier molecular flexibility index (Phi) is 9.59. The number of carbonyl (C=O) groups is 1. The normalized spacial score (nSPS) is 22.2. The number of benzene rings is 2. The predicted molar refractivity (Wildman–Crippen MR) is 126 cm³/mol. The molecule has 2 heterocycles. The summed E-state index contributed by atoms with van der Waals surface area (Å²) in [6.45, 7) is 6.60. The topological polar surface area (TPSA) is 52.8 Å². The Labute approximate surface area is 192 Å². The van der Waals surface area contributed by atoms with Crippen molar-refractivity contribution in [2.24, 2.45) is 5.73 Å². The van der Waals surface area contributed by atoms with Crippen molar-refractivity contribution in [3.05, 3.63) is 71.8 Å². The van der Waals surface area contributed by atoms with Crippen LogP contribution in [0, 0.1) is 0 Å². The van der Waals surface area contributed by atoms with Crippen LogP contribution in [0.2, 0.25) is 0 Å². The van der Waals surface area contributed by atoms with E-state index < -0.39 is 0 Å². The van der Waals surface area contributed by atoms with Gasteiger partial charge in [0.05, 0.1) is 6.54 Å². The molecule has 2 saturated heterocycles. The second-order valence-electron chi connectivity index (χ2n) is 8.02. The van der Waals surface area contributed by atoms with Gasteiger partial charge >= 0.3 is 0 Å². The van der Waals surface area contributed by atoms with Crippen molar-refractivity contribution in [1.82, 2.24) is 14.7 Å². The van der Waals surface area contributed by atoms with Crippen LogP contribution in [0.5, 0.6) is 0 Å². The van der Waals surface area contributed by atoms with Crippen molar-refractivity contribution < 1.29 is 4.79 Å². The maximum atomic E-state index is 12.8. The smallest absolute Gasteiger partial charge is 0.236 e. The van der Waals surface area contributed by atoms with E-state index in [2.05, 4.69) is 58.3 Å². The van der Waals surface area contributed by atoms with Gasteiger partial charge in [0.2, 0.25) is 5.91 Å². The minimum atomic E-state index is 0. The van der Waals surface area contributed by atoms with Crippen LogP contribution >= 0.6 is 24.8 Å². The maximum Gasteiger partial charge on any atom is 0.236 e. The highest BCUT2D eigenvalue weighted by Crippen LogP contribution is 2.26. The first kappa shape index (κ1) is 24.6. The van der Waals surface area contributed by atoms with Gasteiger partial charge in [-0.3, -0.25) is 14.6 Å². The summed E-state index contributed by atoms with van der Waals surface area (Å²) < 4.78 is 0. The second kappa shape index (κ2) is 11.7. The van der Waals surface area contributed by atoms with Crippen molar-refractivity contribution in [3.8, 4) is 0 Å². The molecule has 0 saturated carbocycles. The summed E-state index contributed by atoms with van der Waals surface area (Å²) in [4.78, 5) is 19.5.